The molecule has 1 aliphatic carbocycles. The van der Waals surface area contributed by atoms with Gasteiger partial charge < -0.3 is 19.7 Å². The zero-order valence-corrected chi connectivity index (χ0v) is 18.6. The van der Waals surface area contributed by atoms with Crippen LogP contribution in [0.4, 0.5) is 10.7 Å². The van der Waals surface area contributed by atoms with Crippen molar-refractivity contribution in [2.45, 2.75) is 38.1 Å². The first-order chi connectivity index (χ1) is 16.5. The van der Waals surface area contributed by atoms with Crippen LogP contribution in [0.1, 0.15) is 53.7 Å². The molecule has 2 amide bonds. The summed E-state index contributed by atoms with van der Waals surface area (Å²) in [4.78, 5) is 35.5. The molecule has 1 heterocycles. The van der Waals surface area contributed by atoms with E-state index in [9.17, 15) is 14.4 Å². The van der Waals surface area contributed by atoms with Crippen molar-refractivity contribution in [2.75, 3.05) is 11.9 Å². The molecule has 1 unspecified atom stereocenters. The molecule has 0 fully saturated rings. The standard InChI is InChI=1S/C25H25N3O6/c1-2-15(11-12-23(29)30)26-24(31)21-13-22(34-28-21)27-25(32)33-14-20-18-9-5-3-7-16(18)17-8-4-6-10-19(17)20/h3-10,13,15,20H,2,11-12,14H2,1H3,(H,26,31)(H,27,32)(H,29,30). The first-order valence-corrected chi connectivity index (χ1v) is 11.1. The number of ether oxygens (including phenoxy) is 1. The van der Waals surface area contributed by atoms with Gasteiger partial charge in [-0.05, 0) is 35.1 Å². The number of rotatable bonds is 9. The maximum absolute atomic E-state index is 12.4. The van der Waals surface area contributed by atoms with E-state index in [0.29, 0.717) is 12.8 Å². The number of carboxylic acid groups (broad SMARTS) is 1. The Morgan fingerprint density at radius 1 is 1.09 bits per heavy atom. The molecular weight excluding hydrogens is 438 g/mol. The lowest BCUT2D eigenvalue weighted by atomic mass is 9.98. The Morgan fingerprint density at radius 2 is 1.74 bits per heavy atom. The lowest BCUT2D eigenvalue weighted by Crippen LogP contribution is -2.35. The van der Waals surface area contributed by atoms with Crippen LogP contribution < -0.4 is 10.6 Å². The number of aromatic nitrogens is 1. The first-order valence-electron chi connectivity index (χ1n) is 11.1. The van der Waals surface area contributed by atoms with Gasteiger partial charge in [0.05, 0.1) is 0 Å². The van der Waals surface area contributed by atoms with Crippen LogP contribution in [0.2, 0.25) is 0 Å². The van der Waals surface area contributed by atoms with Gasteiger partial charge in [0.1, 0.15) is 6.61 Å². The molecule has 0 saturated carbocycles. The highest BCUT2D eigenvalue weighted by molar-refractivity contribution is 5.94. The SMILES string of the molecule is CCC(CCC(=O)O)NC(=O)c1cc(NC(=O)OCC2c3ccccc3-c3ccccc32)on1. The quantitative estimate of drug-likeness (QED) is 0.428. The van der Waals surface area contributed by atoms with Crippen molar-refractivity contribution < 1.29 is 28.8 Å². The van der Waals surface area contributed by atoms with Gasteiger partial charge >= 0.3 is 12.1 Å². The largest absolute Gasteiger partial charge is 0.481 e. The minimum atomic E-state index is -0.927. The molecule has 3 N–H and O–H groups in total. The molecule has 1 atom stereocenters. The van der Waals surface area contributed by atoms with Crippen molar-refractivity contribution >= 4 is 23.9 Å². The second kappa shape index (κ2) is 10.2. The fourth-order valence-electron chi connectivity index (χ4n) is 4.11. The van der Waals surface area contributed by atoms with Crippen molar-refractivity contribution in [1.82, 2.24) is 10.5 Å². The normalized spacial score (nSPS) is 13.0. The van der Waals surface area contributed by atoms with Gasteiger partial charge in [-0.25, -0.2) is 4.79 Å². The van der Waals surface area contributed by atoms with Crippen LogP contribution in [0.15, 0.2) is 59.1 Å². The molecule has 4 rings (SSSR count). The van der Waals surface area contributed by atoms with Gasteiger partial charge in [-0.2, -0.15) is 0 Å². The van der Waals surface area contributed by atoms with Crippen molar-refractivity contribution in [1.29, 1.82) is 0 Å². The fourth-order valence-corrected chi connectivity index (χ4v) is 4.11. The summed E-state index contributed by atoms with van der Waals surface area (Å²) in [6.07, 6.45) is 0.103. The Labute approximate surface area is 196 Å². The number of nitrogens with zero attached hydrogens (tertiary/aromatic N) is 1. The summed E-state index contributed by atoms with van der Waals surface area (Å²) >= 11 is 0. The van der Waals surface area contributed by atoms with Gasteiger partial charge in [-0.3, -0.25) is 14.9 Å². The third-order valence-electron chi connectivity index (χ3n) is 5.85. The third-order valence-corrected chi connectivity index (χ3v) is 5.85. The highest BCUT2D eigenvalue weighted by atomic mass is 16.6. The number of amides is 2. The highest BCUT2D eigenvalue weighted by Crippen LogP contribution is 2.44. The van der Waals surface area contributed by atoms with Crippen LogP contribution in [0.3, 0.4) is 0 Å². The summed E-state index contributed by atoms with van der Waals surface area (Å²) in [6, 6.07) is 17.1. The molecule has 0 radical (unpaired) electrons. The number of hydrogen-bond donors (Lipinski definition) is 3. The molecule has 1 aliphatic rings. The average molecular weight is 463 g/mol. The van der Waals surface area contributed by atoms with Crippen molar-refractivity contribution in [3.8, 4) is 11.1 Å². The number of carbonyl (C=O) groups excluding carboxylic acids is 2. The van der Waals surface area contributed by atoms with Crippen LogP contribution >= 0.6 is 0 Å². The molecule has 1 aromatic heterocycles. The summed E-state index contributed by atoms with van der Waals surface area (Å²) in [5.41, 5.74) is 4.44. The van der Waals surface area contributed by atoms with Crippen LogP contribution in [0, 0.1) is 0 Å². The summed E-state index contributed by atoms with van der Waals surface area (Å²) in [5, 5.41) is 17.7. The predicted molar refractivity (Wildman–Crippen MR) is 124 cm³/mol. The van der Waals surface area contributed by atoms with Crippen LogP contribution in [-0.4, -0.2) is 40.9 Å². The molecule has 9 heteroatoms. The Hall–Kier alpha value is -4.14. The number of hydrogen-bond acceptors (Lipinski definition) is 6. The lowest BCUT2D eigenvalue weighted by Gasteiger charge is -2.14. The number of carbonyl (C=O) groups is 3. The highest BCUT2D eigenvalue weighted by Gasteiger charge is 2.29. The van der Waals surface area contributed by atoms with E-state index in [4.69, 9.17) is 14.4 Å². The molecule has 0 aliphatic heterocycles. The van der Waals surface area contributed by atoms with Gasteiger partial charge in [0.25, 0.3) is 5.91 Å². The maximum atomic E-state index is 12.4. The number of aliphatic carboxylic acids is 1. The van der Waals surface area contributed by atoms with E-state index in [1.165, 1.54) is 6.07 Å². The molecular formula is C25H25N3O6. The van der Waals surface area contributed by atoms with E-state index in [0.717, 1.165) is 22.3 Å². The monoisotopic (exact) mass is 463 g/mol. The maximum Gasteiger partial charge on any atom is 0.414 e. The predicted octanol–water partition coefficient (Wildman–Crippen LogP) is 4.41. The van der Waals surface area contributed by atoms with Gasteiger partial charge in [0.15, 0.2) is 5.69 Å². The Morgan fingerprint density at radius 3 is 2.35 bits per heavy atom. The number of carboxylic acids is 1. The van der Waals surface area contributed by atoms with E-state index in [2.05, 4.69) is 27.9 Å². The van der Waals surface area contributed by atoms with E-state index >= 15 is 0 Å². The zero-order chi connectivity index (χ0) is 24.1. The fraction of sp³-hybridized carbons (Fsp3) is 0.280. The Balaban J connectivity index is 1.33. The number of nitrogens with one attached hydrogen (secondary N) is 2. The molecule has 3 aromatic rings. The van der Waals surface area contributed by atoms with Crippen LogP contribution in [0.5, 0.6) is 0 Å². The third kappa shape index (κ3) is 5.09. The molecule has 9 nitrogen and oxygen atoms in total. The lowest BCUT2D eigenvalue weighted by molar-refractivity contribution is -0.137. The number of benzene rings is 2. The van der Waals surface area contributed by atoms with Crippen molar-refractivity contribution in [3.05, 3.63) is 71.4 Å². The van der Waals surface area contributed by atoms with Crippen molar-refractivity contribution in [3.63, 3.8) is 0 Å². The van der Waals surface area contributed by atoms with Gasteiger partial charge in [-0.15, -0.1) is 0 Å². The Bertz CT molecular complexity index is 1160. The summed E-state index contributed by atoms with van der Waals surface area (Å²) in [7, 11) is 0. The van der Waals surface area contributed by atoms with E-state index < -0.39 is 18.0 Å². The van der Waals surface area contributed by atoms with Crippen LogP contribution in [0.25, 0.3) is 11.1 Å². The number of anilines is 1. The van der Waals surface area contributed by atoms with E-state index in [-0.39, 0.29) is 36.6 Å². The molecule has 176 valence electrons. The topological polar surface area (TPSA) is 131 Å². The average Bonchev–Trinajstić information content (AvgIpc) is 3.43. The molecule has 0 saturated heterocycles. The minimum absolute atomic E-state index is 0.0253. The summed E-state index contributed by atoms with van der Waals surface area (Å²) < 4.78 is 10.5. The molecule has 34 heavy (non-hydrogen) atoms. The van der Waals surface area contributed by atoms with Gasteiger partial charge in [0, 0.05) is 24.4 Å². The van der Waals surface area contributed by atoms with Crippen molar-refractivity contribution in [2.24, 2.45) is 0 Å². The molecule has 0 bridgehead atoms. The second-order valence-electron chi connectivity index (χ2n) is 8.04. The van der Waals surface area contributed by atoms with Gasteiger partial charge in [0.2, 0.25) is 5.88 Å². The van der Waals surface area contributed by atoms with E-state index in [1.54, 1.807) is 0 Å². The Kier molecular flexibility index (Phi) is 6.91. The summed E-state index contributed by atoms with van der Waals surface area (Å²) in [5.74, 6) is -1.54. The van der Waals surface area contributed by atoms with E-state index in [1.807, 2.05) is 43.3 Å². The van der Waals surface area contributed by atoms with Gasteiger partial charge in [-0.1, -0.05) is 60.6 Å². The first kappa shape index (κ1) is 23.0. The molecule has 2 aromatic carbocycles. The smallest absolute Gasteiger partial charge is 0.414 e. The van der Waals surface area contributed by atoms with Crippen LogP contribution in [-0.2, 0) is 9.53 Å². The number of fused-ring (bicyclic) bond motifs is 3. The zero-order valence-electron chi connectivity index (χ0n) is 18.6. The molecule has 0 spiro atoms. The minimum Gasteiger partial charge on any atom is -0.481 e. The second-order valence-corrected chi connectivity index (χ2v) is 8.04. The summed E-state index contributed by atoms with van der Waals surface area (Å²) in [6.45, 7) is 1.99.